The van der Waals surface area contributed by atoms with Crippen LogP contribution in [-0.4, -0.2) is 13.2 Å². The Hall–Kier alpha value is -6.74. The normalized spacial score (nSPS) is 11.9. The zero-order valence-corrected chi connectivity index (χ0v) is 23.7. The average Bonchev–Trinajstić information content (AvgIpc) is 3.73. The molecule has 10 rings (SSSR count). The van der Waals surface area contributed by atoms with Gasteiger partial charge in [-0.3, -0.25) is 0 Å². The molecule has 5 nitrogen and oxygen atoms in total. The summed E-state index contributed by atoms with van der Waals surface area (Å²) in [5.41, 5.74) is 11.5. The minimum Gasteiger partial charge on any atom is -0.305 e. The maximum Gasteiger partial charge on any atom is 0.0991 e. The monoisotopic (exact) mass is 569 g/mol. The number of terminal acetylenes is 1. The van der Waals surface area contributed by atoms with Crippen molar-refractivity contribution >= 4 is 82.0 Å². The van der Waals surface area contributed by atoms with Gasteiger partial charge in [0.05, 0.1) is 72.9 Å². The molecule has 0 unspecified atom stereocenters. The first-order valence-corrected chi connectivity index (χ1v) is 14.7. The number of aromatic nitrogens is 3. The van der Waals surface area contributed by atoms with Crippen molar-refractivity contribution in [3.8, 4) is 24.5 Å². The van der Waals surface area contributed by atoms with E-state index in [-0.39, 0.29) is 0 Å². The minimum absolute atomic E-state index is 0.623. The molecule has 0 aliphatic heterocycles. The lowest BCUT2D eigenvalue weighted by molar-refractivity contribution is 1.30. The minimum atomic E-state index is 0.623. The van der Waals surface area contributed by atoms with Gasteiger partial charge in [-0.05, 0) is 72.8 Å². The fraction of sp³-hybridized carbons (Fsp3) is 0. The van der Waals surface area contributed by atoms with Gasteiger partial charge in [-0.25, -0.2) is 0 Å². The van der Waals surface area contributed by atoms with Crippen LogP contribution >= 0.6 is 0 Å². The van der Waals surface area contributed by atoms with Gasteiger partial charge < -0.3 is 13.2 Å². The van der Waals surface area contributed by atoms with Crippen molar-refractivity contribution in [3.63, 3.8) is 0 Å². The lowest BCUT2D eigenvalue weighted by Crippen LogP contribution is -1.91. The van der Waals surface area contributed by atoms with Crippen molar-refractivity contribution in [2.75, 3.05) is 0 Å². The van der Waals surface area contributed by atoms with Gasteiger partial charge in [0.1, 0.15) is 0 Å². The van der Waals surface area contributed by atoms with Crippen LogP contribution in [0.25, 0.3) is 82.0 Å². The molecular weight excluding hydrogens is 550 g/mol. The highest BCUT2D eigenvalue weighted by atomic mass is 15.0. The molecule has 0 amide bonds. The lowest BCUT2D eigenvalue weighted by atomic mass is 10.1. The van der Waals surface area contributed by atoms with Crippen molar-refractivity contribution in [2.45, 2.75) is 0 Å². The molecule has 5 heteroatoms. The topological polar surface area (TPSA) is 60.8 Å². The van der Waals surface area contributed by atoms with E-state index >= 15 is 0 Å². The summed E-state index contributed by atoms with van der Waals surface area (Å²) >= 11 is 0. The number of nitriles is 2. The van der Waals surface area contributed by atoms with Crippen LogP contribution < -0.4 is 0 Å². The zero-order valence-electron chi connectivity index (χ0n) is 23.7. The number of hydrogen-bond acceptors (Lipinski definition) is 2. The van der Waals surface area contributed by atoms with Crippen LogP contribution in [0.1, 0.15) is 16.7 Å². The maximum absolute atomic E-state index is 9.85. The first-order valence-electron chi connectivity index (χ1n) is 14.7. The van der Waals surface area contributed by atoms with Gasteiger partial charge in [0.25, 0.3) is 0 Å². The van der Waals surface area contributed by atoms with E-state index in [1.165, 1.54) is 0 Å². The number of hydrogen-bond donors (Lipinski definition) is 0. The van der Waals surface area contributed by atoms with E-state index in [0.717, 1.165) is 87.5 Å². The molecule has 10 aromatic rings. The van der Waals surface area contributed by atoms with Crippen LogP contribution in [0.2, 0.25) is 0 Å². The molecule has 0 saturated carbocycles. The fourth-order valence-corrected chi connectivity index (χ4v) is 7.65. The summed E-state index contributed by atoms with van der Waals surface area (Å²) in [7, 11) is 0. The Kier molecular flexibility index (Phi) is 4.34. The Morgan fingerprint density at radius 3 is 1.38 bits per heavy atom. The molecule has 0 N–H and O–H groups in total. The SMILES string of the molecule is C#Cc1ccc2c(c1)c1ccc3c4cc(C#N)ccc4n4c5ccccc5n5c6ccc(C#N)cc6c6cccc(c65)n2c1c34. The molecule has 6 aromatic carbocycles. The van der Waals surface area contributed by atoms with E-state index in [2.05, 4.69) is 110 Å². The summed E-state index contributed by atoms with van der Waals surface area (Å²) in [5.74, 6) is 2.83. The molecule has 0 aliphatic carbocycles. The molecule has 0 bridgehead atoms. The second-order valence-electron chi connectivity index (χ2n) is 11.6. The van der Waals surface area contributed by atoms with E-state index in [1.807, 2.05) is 30.3 Å². The van der Waals surface area contributed by atoms with Crippen LogP contribution in [0.15, 0.2) is 109 Å². The molecule has 0 spiro atoms. The van der Waals surface area contributed by atoms with E-state index in [4.69, 9.17) is 6.42 Å². The molecule has 0 saturated heterocycles. The molecule has 204 valence electrons. The third-order valence-corrected chi connectivity index (χ3v) is 9.45. The quantitative estimate of drug-likeness (QED) is 0.171. The Balaban J connectivity index is 1.69. The highest BCUT2D eigenvalue weighted by molar-refractivity contribution is 6.25. The summed E-state index contributed by atoms with van der Waals surface area (Å²) in [5, 5.41) is 26.1. The van der Waals surface area contributed by atoms with E-state index < -0.39 is 0 Å². The van der Waals surface area contributed by atoms with E-state index in [0.29, 0.717) is 11.1 Å². The lowest BCUT2D eigenvalue weighted by Gasteiger charge is -2.05. The van der Waals surface area contributed by atoms with Crippen LogP contribution in [0.3, 0.4) is 0 Å². The fourth-order valence-electron chi connectivity index (χ4n) is 7.65. The molecule has 4 heterocycles. The standard InChI is InChI=1S/C40H19N5/c1-2-23-10-15-34-29(18-23)27-13-14-28-31-20-25(22-42)12-17-33(31)44-36-8-4-3-7-35(36)43-32-16-11-24(21-41)19-30(32)26-6-5-9-37(38(26)43)45(34)40(27)39(28)44/h1,3-20H. The molecule has 0 aliphatic rings. The van der Waals surface area contributed by atoms with Crippen LogP contribution in [-0.2, 0) is 0 Å². The number of nitrogens with zero attached hydrogens (tertiary/aromatic N) is 5. The Bertz CT molecular complexity index is 3130. The van der Waals surface area contributed by atoms with Gasteiger partial charge >= 0.3 is 0 Å². The smallest absolute Gasteiger partial charge is 0.0991 e. The number of fused-ring (bicyclic) bond motifs is 13. The van der Waals surface area contributed by atoms with E-state index in [1.54, 1.807) is 0 Å². The number of benzene rings is 6. The average molecular weight is 570 g/mol. The highest BCUT2D eigenvalue weighted by Gasteiger charge is 2.22. The number of para-hydroxylation sites is 3. The first-order chi connectivity index (χ1) is 22.2. The van der Waals surface area contributed by atoms with Crippen molar-refractivity contribution in [3.05, 3.63) is 126 Å². The largest absolute Gasteiger partial charge is 0.305 e. The summed E-state index contributed by atoms with van der Waals surface area (Å²) in [6, 6.07) is 42.1. The summed E-state index contributed by atoms with van der Waals surface area (Å²) in [4.78, 5) is 0. The van der Waals surface area contributed by atoms with Gasteiger partial charge in [0.2, 0.25) is 0 Å². The summed E-state index contributed by atoms with van der Waals surface area (Å²) < 4.78 is 7.08. The third-order valence-electron chi connectivity index (χ3n) is 9.45. The van der Waals surface area contributed by atoms with Crippen molar-refractivity contribution in [1.82, 2.24) is 13.2 Å². The Labute approximate surface area is 255 Å². The van der Waals surface area contributed by atoms with Gasteiger partial charge in [-0.2, -0.15) is 10.5 Å². The van der Waals surface area contributed by atoms with Gasteiger partial charge in [0, 0.05) is 37.9 Å². The second-order valence-corrected chi connectivity index (χ2v) is 11.6. The third kappa shape index (κ3) is 2.82. The second kappa shape index (κ2) is 8.21. The predicted octanol–water partition coefficient (Wildman–Crippen LogP) is 9.09. The number of rotatable bonds is 0. The summed E-state index contributed by atoms with van der Waals surface area (Å²) in [6.07, 6.45) is 5.91. The van der Waals surface area contributed by atoms with Crippen molar-refractivity contribution < 1.29 is 0 Å². The zero-order chi connectivity index (χ0) is 30.0. The van der Waals surface area contributed by atoms with Gasteiger partial charge in [-0.15, -0.1) is 6.42 Å². The molecule has 0 radical (unpaired) electrons. The van der Waals surface area contributed by atoms with E-state index in [9.17, 15) is 10.5 Å². The molecule has 45 heavy (non-hydrogen) atoms. The first kappa shape index (κ1) is 23.8. The molecule has 0 atom stereocenters. The maximum atomic E-state index is 9.85. The highest BCUT2D eigenvalue weighted by Crippen LogP contribution is 2.42. The molecule has 4 aromatic heterocycles. The van der Waals surface area contributed by atoms with Crippen molar-refractivity contribution in [1.29, 1.82) is 10.5 Å². The summed E-state index contributed by atoms with van der Waals surface area (Å²) in [6.45, 7) is 0. The van der Waals surface area contributed by atoms with Gasteiger partial charge in [0.15, 0.2) is 0 Å². The molecular formula is C40H19N5. The predicted molar refractivity (Wildman–Crippen MR) is 182 cm³/mol. The van der Waals surface area contributed by atoms with Crippen LogP contribution in [0.5, 0.6) is 0 Å². The Morgan fingerprint density at radius 1 is 0.400 bits per heavy atom. The van der Waals surface area contributed by atoms with Crippen LogP contribution in [0.4, 0.5) is 0 Å². The Morgan fingerprint density at radius 2 is 0.844 bits per heavy atom. The van der Waals surface area contributed by atoms with Gasteiger partial charge in [-0.1, -0.05) is 42.3 Å². The van der Waals surface area contributed by atoms with Crippen molar-refractivity contribution in [2.24, 2.45) is 0 Å². The molecule has 0 fully saturated rings. The van der Waals surface area contributed by atoms with Crippen LogP contribution in [0, 0.1) is 35.0 Å².